The number of rotatable bonds is 6. The van der Waals surface area contributed by atoms with E-state index in [1.165, 1.54) is 24.5 Å². The molecule has 21 heavy (non-hydrogen) atoms. The number of hydrogen-bond donors (Lipinski definition) is 2. The van der Waals surface area contributed by atoms with Gasteiger partial charge >= 0.3 is 0 Å². The fraction of sp³-hybridized carbons (Fsp3) is 0.154. The van der Waals surface area contributed by atoms with Gasteiger partial charge in [0.05, 0.1) is 10.5 Å². The Morgan fingerprint density at radius 3 is 2.71 bits per heavy atom. The molecule has 0 bridgehead atoms. The van der Waals surface area contributed by atoms with Crippen molar-refractivity contribution in [3.8, 4) is 0 Å². The minimum Gasteiger partial charge on any atom is -0.368 e. The summed E-state index contributed by atoms with van der Waals surface area (Å²) in [7, 11) is 0. The average molecular weight is 287 g/mol. The van der Waals surface area contributed by atoms with Crippen LogP contribution in [0.25, 0.3) is 0 Å². The molecule has 0 aliphatic heterocycles. The first-order valence-electron chi connectivity index (χ1n) is 6.19. The quantitative estimate of drug-likeness (QED) is 0.469. The molecule has 2 N–H and O–H groups in total. The highest BCUT2D eigenvalue weighted by molar-refractivity contribution is 5.93. The van der Waals surface area contributed by atoms with E-state index in [2.05, 4.69) is 20.6 Å². The highest BCUT2D eigenvalue weighted by Crippen LogP contribution is 2.11. The molecule has 0 saturated heterocycles. The van der Waals surface area contributed by atoms with Crippen LogP contribution in [0.2, 0.25) is 0 Å². The molecular formula is C13H13N5O3. The first-order valence-corrected chi connectivity index (χ1v) is 6.19. The Hall–Kier alpha value is -3.03. The van der Waals surface area contributed by atoms with Crippen LogP contribution in [0.3, 0.4) is 0 Å². The lowest BCUT2D eigenvalue weighted by Crippen LogP contribution is -2.28. The summed E-state index contributed by atoms with van der Waals surface area (Å²) < 4.78 is 0. The molecule has 2 heterocycles. The minimum absolute atomic E-state index is 0.0644. The summed E-state index contributed by atoms with van der Waals surface area (Å²) in [4.78, 5) is 29.4. The van der Waals surface area contributed by atoms with E-state index in [4.69, 9.17) is 0 Å². The molecule has 0 radical (unpaired) electrons. The summed E-state index contributed by atoms with van der Waals surface area (Å²) in [5.41, 5.74) is 0.427. The van der Waals surface area contributed by atoms with Gasteiger partial charge in [-0.2, -0.15) is 0 Å². The highest BCUT2D eigenvalue weighted by atomic mass is 16.6. The van der Waals surface area contributed by atoms with Gasteiger partial charge in [0.15, 0.2) is 0 Å². The zero-order chi connectivity index (χ0) is 15.1. The standard InChI is InChI=1S/C13H13N5O3/c19-13(10-2-1-5-14-8-10)16-7-6-15-12-4-3-11(9-17-12)18(20)21/h1-5,8-9H,6-7H2,(H,15,17)(H,16,19). The summed E-state index contributed by atoms with van der Waals surface area (Å²) >= 11 is 0. The largest absolute Gasteiger partial charge is 0.368 e. The molecule has 0 aliphatic rings. The van der Waals surface area contributed by atoms with Crippen LogP contribution in [0.15, 0.2) is 42.9 Å². The van der Waals surface area contributed by atoms with Crippen LogP contribution in [-0.2, 0) is 0 Å². The zero-order valence-electron chi connectivity index (χ0n) is 11.0. The Morgan fingerprint density at radius 1 is 1.24 bits per heavy atom. The van der Waals surface area contributed by atoms with Crippen LogP contribution in [-0.4, -0.2) is 33.9 Å². The zero-order valence-corrected chi connectivity index (χ0v) is 11.0. The second-order valence-electron chi connectivity index (χ2n) is 4.08. The van der Waals surface area contributed by atoms with Crippen LogP contribution in [0.1, 0.15) is 10.4 Å². The van der Waals surface area contributed by atoms with Gasteiger partial charge in [-0.15, -0.1) is 0 Å². The van der Waals surface area contributed by atoms with E-state index in [1.54, 1.807) is 18.3 Å². The van der Waals surface area contributed by atoms with Crippen LogP contribution < -0.4 is 10.6 Å². The molecule has 0 spiro atoms. The molecule has 0 unspecified atom stereocenters. The van der Waals surface area contributed by atoms with Gasteiger partial charge in [-0.1, -0.05) is 0 Å². The average Bonchev–Trinajstić information content (AvgIpc) is 2.52. The Labute approximate surface area is 120 Å². The predicted octanol–water partition coefficient (Wildman–Crippen LogP) is 1.23. The molecule has 8 heteroatoms. The molecule has 2 rings (SSSR count). The Bertz CT molecular complexity index is 615. The normalized spacial score (nSPS) is 9.90. The Balaban J connectivity index is 1.75. The topological polar surface area (TPSA) is 110 Å². The maximum atomic E-state index is 11.7. The van der Waals surface area contributed by atoms with E-state index in [9.17, 15) is 14.9 Å². The summed E-state index contributed by atoms with van der Waals surface area (Å²) in [6.07, 6.45) is 4.26. The molecule has 108 valence electrons. The van der Waals surface area contributed by atoms with Crippen molar-refractivity contribution in [3.05, 3.63) is 58.5 Å². The third-order valence-electron chi connectivity index (χ3n) is 2.60. The van der Waals surface area contributed by atoms with E-state index in [0.29, 0.717) is 24.5 Å². The van der Waals surface area contributed by atoms with Crippen LogP contribution in [0, 0.1) is 10.1 Å². The molecular weight excluding hydrogens is 274 g/mol. The van der Waals surface area contributed by atoms with Gasteiger partial charge in [0.1, 0.15) is 12.0 Å². The molecule has 2 aromatic rings. The number of carbonyl (C=O) groups excluding carboxylic acids is 1. The molecule has 0 saturated carbocycles. The molecule has 2 aromatic heterocycles. The van der Waals surface area contributed by atoms with Crippen molar-refractivity contribution >= 4 is 17.4 Å². The summed E-state index contributed by atoms with van der Waals surface area (Å²) in [5.74, 6) is 0.304. The molecule has 0 aromatic carbocycles. The van der Waals surface area contributed by atoms with E-state index < -0.39 is 4.92 Å². The lowest BCUT2D eigenvalue weighted by atomic mass is 10.3. The molecule has 0 atom stereocenters. The van der Waals surface area contributed by atoms with Crippen molar-refractivity contribution < 1.29 is 9.72 Å². The summed E-state index contributed by atoms with van der Waals surface area (Å²) in [6.45, 7) is 0.850. The van der Waals surface area contributed by atoms with Crippen molar-refractivity contribution in [2.45, 2.75) is 0 Å². The number of pyridine rings is 2. The Morgan fingerprint density at radius 2 is 2.10 bits per heavy atom. The van der Waals surface area contributed by atoms with Crippen molar-refractivity contribution in [2.75, 3.05) is 18.4 Å². The second kappa shape index (κ2) is 6.94. The van der Waals surface area contributed by atoms with E-state index >= 15 is 0 Å². The van der Waals surface area contributed by atoms with E-state index in [-0.39, 0.29) is 11.6 Å². The fourth-order valence-electron chi connectivity index (χ4n) is 1.56. The number of nitrogens with zero attached hydrogens (tertiary/aromatic N) is 3. The van der Waals surface area contributed by atoms with Crippen molar-refractivity contribution in [3.63, 3.8) is 0 Å². The number of carbonyl (C=O) groups is 1. The minimum atomic E-state index is -0.509. The first-order chi connectivity index (χ1) is 10.2. The van der Waals surface area contributed by atoms with Crippen molar-refractivity contribution in [2.24, 2.45) is 0 Å². The molecule has 0 fully saturated rings. The maximum absolute atomic E-state index is 11.7. The monoisotopic (exact) mass is 287 g/mol. The molecule has 8 nitrogen and oxygen atoms in total. The number of anilines is 1. The van der Waals surface area contributed by atoms with E-state index in [1.807, 2.05) is 0 Å². The van der Waals surface area contributed by atoms with Gasteiger partial charge in [-0.05, 0) is 18.2 Å². The first kappa shape index (κ1) is 14.4. The van der Waals surface area contributed by atoms with Crippen molar-refractivity contribution in [1.82, 2.24) is 15.3 Å². The van der Waals surface area contributed by atoms with Gasteiger partial charge in [0.25, 0.3) is 11.6 Å². The summed E-state index contributed by atoms with van der Waals surface area (Å²) in [5, 5.41) is 16.1. The van der Waals surface area contributed by atoms with Gasteiger partial charge in [0.2, 0.25) is 0 Å². The van der Waals surface area contributed by atoms with Crippen LogP contribution in [0.5, 0.6) is 0 Å². The lowest BCUT2D eigenvalue weighted by Gasteiger charge is -2.07. The van der Waals surface area contributed by atoms with Gasteiger partial charge in [-0.25, -0.2) is 4.98 Å². The van der Waals surface area contributed by atoms with Crippen molar-refractivity contribution in [1.29, 1.82) is 0 Å². The van der Waals surface area contributed by atoms with Gasteiger partial charge < -0.3 is 10.6 Å². The summed E-state index contributed by atoms with van der Waals surface area (Å²) in [6, 6.07) is 6.24. The number of nitrogens with one attached hydrogen (secondary N) is 2. The number of aromatic nitrogens is 2. The highest BCUT2D eigenvalue weighted by Gasteiger charge is 2.05. The van der Waals surface area contributed by atoms with Crippen LogP contribution >= 0.6 is 0 Å². The van der Waals surface area contributed by atoms with Crippen LogP contribution in [0.4, 0.5) is 11.5 Å². The smallest absolute Gasteiger partial charge is 0.287 e. The fourth-order valence-corrected chi connectivity index (χ4v) is 1.56. The lowest BCUT2D eigenvalue weighted by molar-refractivity contribution is -0.385. The number of amides is 1. The third-order valence-corrected chi connectivity index (χ3v) is 2.60. The third kappa shape index (κ3) is 4.23. The number of hydrogen-bond acceptors (Lipinski definition) is 6. The van der Waals surface area contributed by atoms with E-state index in [0.717, 1.165) is 0 Å². The predicted molar refractivity (Wildman–Crippen MR) is 76.0 cm³/mol. The van der Waals surface area contributed by atoms with Gasteiger partial charge in [0, 0.05) is 31.5 Å². The Kier molecular flexibility index (Phi) is 4.75. The second-order valence-corrected chi connectivity index (χ2v) is 4.08. The maximum Gasteiger partial charge on any atom is 0.287 e. The molecule has 1 amide bonds. The SMILES string of the molecule is O=C(NCCNc1ccc([N+](=O)[O-])cn1)c1cccnc1. The number of nitro groups is 1. The molecule has 0 aliphatic carbocycles. The van der Waals surface area contributed by atoms with Gasteiger partial charge in [-0.3, -0.25) is 19.9 Å².